The smallest absolute Gasteiger partial charge is 0.214 e. The highest BCUT2D eigenvalue weighted by Crippen LogP contribution is 2.09. The maximum atomic E-state index is 11.8. The largest absolute Gasteiger partial charge is 0.227 e. The fourth-order valence-corrected chi connectivity index (χ4v) is 3.39. The first kappa shape index (κ1) is 19.9. The highest BCUT2D eigenvalue weighted by molar-refractivity contribution is 7.90. The first-order valence-electron chi connectivity index (χ1n) is 7.83. The van der Waals surface area contributed by atoms with Gasteiger partial charge in [0.1, 0.15) is 0 Å². The molecular formula is C15H27N3O2S. The second-order valence-electron chi connectivity index (χ2n) is 5.23. The summed E-state index contributed by atoms with van der Waals surface area (Å²) in [6, 6.07) is 3.99. The van der Waals surface area contributed by atoms with Crippen molar-refractivity contribution in [1.29, 1.82) is 10.5 Å². The molecule has 0 saturated heterocycles. The summed E-state index contributed by atoms with van der Waals surface area (Å²) in [5.74, 6) is 0. The van der Waals surface area contributed by atoms with E-state index < -0.39 is 15.3 Å². The summed E-state index contributed by atoms with van der Waals surface area (Å²) in [6.07, 6.45) is 8.94. The van der Waals surface area contributed by atoms with Gasteiger partial charge >= 0.3 is 0 Å². The number of hydrogen-bond donors (Lipinski definition) is 1. The number of nitrogens with zero attached hydrogens (tertiary/aromatic N) is 2. The molecule has 1 N–H and O–H groups in total. The van der Waals surface area contributed by atoms with Crippen molar-refractivity contribution >= 4 is 10.0 Å². The van der Waals surface area contributed by atoms with Gasteiger partial charge in [-0.05, 0) is 19.3 Å². The zero-order valence-electron chi connectivity index (χ0n) is 13.0. The number of hydrogen-bond acceptors (Lipinski definition) is 4. The highest BCUT2D eigenvalue weighted by Gasteiger charge is 2.23. The Hall–Kier alpha value is -1.11. The molecule has 0 aliphatic carbocycles. The minimum absolute atomic E-state index is 0.383. The first-order valence-corrected chi connectivity index (χ1v) is 9.38. The van der Waals surface area contributed by atoms with Gasteiger partial charge in [0.15, 0.2) is 5.25 Å². The van der Waals surface area contributed by atoms with Crippen LogP contribution < -0.4 is 4.72 Å². The van der Waals surface area contributed by atoms with Gasteiger partial charge in [0, 0.05) is 13.0 Å². The van der Waals surface area contributed by atoms with Gasteiger partial charge in [-0.3, -0.25) is 0 Å². The lowest BCUT2D eigenvalue weighted by atomic mass is 10.1. The summed E-state index contributed by atoms with van der Waals surface area (Å²) in [6.45, 7) is 2.29. The third kappa shape index (κ3) is 10.3. The summed E-state index contributed by atoms with van der Waals surface area (Å²) < 4.78 is 26.2. The zero-order valence-corrected chi connectivity index (χ0v) is 13.8. The summed E-state index contributed by atoms with van der Waals surface area (Å²) in [7, 11) is -3.48. The van der Waals surface area contributed by atoms with Crippen molar-refractivity contribution in [2.45, 2.75) is 76.4 Å². The van der Waals surface area contributed by atoms with E-state index in [9.17, 15) is 8.42 Å². The summed E-state index contributed by atoms with van der Waals surface area (Å²) in [5, 5.41) is 16.3. The van der Waals surface area contributed by atoms with E-state index in [1.165, 1.54) is 0 Å². The number of nitrogens with one attached hydrogen (secondary N) is 1. The molecule has 0 bridgehead atoms. The molecule has 0 spiro atoms. The Balaban J connectivity index is 3.62. The molecular weight excluding hydrogens is 286 g/mol. The fraction of sp³-hybridized carbons (Fsp3) is 0.867. The Bertz CT molecular complexity index is 435. The molecule has 1 atom stereocenters. The average molecular weight is 313 g/mol. The Morgan fingerprint density at radius 3 is 2.10 bits per heavy atom. The van der Waals surface area contributed by atoms with Crippen molar-refractivity contribution in [2.75, 3.05) is 6.54 Å². The van der Waals surface area contributed by atoms with Crippen LogP contribution in [0.25, 0.3) is 0 Å². The van der Waals surface area contributed by atoms with Crippen molar-refractivity contribution in [3.63, 3.8) is 0 Å². The average Bonchev–Trinajstić information content (AvgIpc) is 2.46. The molecule has 0 aromatic carbocycles. The summed E-state index contributed by atoms with van der Waals surface area (Å²) in [4.78, 5) is 0. The quantitative estimate of drug-likeness (QED) is 0.528. The Labute approximate surface area is 129 Å². The monoisotopic (exact) mass is 313 g/mol. The van der Waals surface area contributed by atoms with E-state index in [2.05, 4.69) is 10.8 Å². The molecule has 1 unspecified atom stereocenters. The van der Waals surface area contributed by atoms with Gasteiger partial charge in [-0.2, -0.15) is 10.5 Å². The Morgan fingerprint density at radius 2 is 1.57 bits per heavy atom. The van der Waals surface area contributed by atoms with Crippen LogP contribution >= 0.6 is 0 Å². The van der Waals surface area contributed by atoms with Crippen LogP contribution in [0.3, 0.4) is 0 Å². The molecule has 6 heteroatoms. The normalized spacial score (nSPS) is 12.5. The van der Waals surface area contributed by atoms with Crippen LogP contribution in [0.5, 0.6) is 0 Å². The van der Waals surface area contributed by atoms with E-state index in [4.69, 9.17) is 10.5 Å². The van der Waals surface area contributed by atoms with Gasteiger partial charge in [-0.25, -0.2) is 13.1 Å². The summed E-state index contributed by atoms with van der Waals surface area (Å²) >= 11 is 0. The lowest BCUT2D eigenvalue weighted by Crippen LogP contribution is -2.34. The molecule has 0 heterocycles. The number of sulfonamides is 1. The van der Waals surface area contributed by atoms with Crippen molar-refractivity contribution in [3.8, 4) is 12.1 Å². The molecule has 5 nitrogen and oxygen atoms in total. The van der Waals surface area contributed by atoms with E-state index in [-0.39, 0.29) is 0 Å². The molecule has 0 amide bonds. The van der Waals surface area contributed by atoms with Crippen LogP contribution in [0.15, 0.2) is 0 Å². The van der Waals surface area contributed by atoms with E-state index in [1.807, 2.05) is 13.0 Å². The summed E-state index contributed by atoms with van der Waals surface area (Å²) in [5.41, 5.74) is 0. The van der Waals surface area contributed by atoms with Crippen molar-refractivity contribution in [1.82, 2.24) is 4.72 Å². The Morgan fingerprint density at radius 1 is 1.00 bits per heavy atom. The fourth-order valence-electron chi connectivity index (χ4n) is 2.08. The van der Waals surface area contributed by atoms with E-state index in [0.29, 0.717) is 25.8 Å². The molecule has 0 aliphatic rings. The second-order valence-corrected chi connectivity index (χ2v) is 7.18. The zero-order chi connectivity index (χ0) is 16.0. The molecule has 0 rings (SSSR count). The van der Waals surface area contributed by atoms with Crippen LogP contribution in [0.1, 0.15) is 71.1 Å². The van der Waals surface area contributed by atoms with Gasteiger partial charge in [-0.1, -0.05) is 45.4 Å². The molecule has 0 aromatic rings. The van der Waals surface area contributed by atoms with Crippen LogP contribution in [0.2, 0.25) is 0 Å². The SMILES string of the molecule is CCCC(C#N)S(=O)(=O)NCCCCCCCCCC#N. The van der Waals surface area contributed by atoms with Crippen molar-refractivity contribution in [3.05, 3.63) is 0 Å². The highest BCUT2D eigenvalue weighted by atomic mass is 32.2. The maximum Gasteiger partial charge on any atom is 0.227 e. The third-order valence-corrected chi connectivity index (χ3v) is 5.03. The lowest BCUT2D eigenvalue weighted by Gasteiger charge is -2.10. The molecule has 0 saturated carbocycles. The third-order valence-electron chi connectivity index (χ3n) is 3.34. The molecule has 21 heavy (non-hydrogen) atoms. The molecule has 120 valence electrons. The molecule has 0 fully saturated rings. The van der Waals surface area contributed by atoms with Crippen molar-refractivity contribution in [2.24, 2.45) is 0 Å². The molecule has 0 aromatic heterocycles. The van der Waals surface area contributed by atoms with Crippen LogP contribution in [-0.4, -0.2) is 20.2 Å². The van der Waals surface area contributed by atoms with Gasteiger partial charge in [0.05, 0.1) is 12.1 Å². The number of unbranched alkanes of at least 4 members (excludes halogenated alkanes) is 7. The maximum absolute atomic E-state index is 11.8. The second kappa shape index (κ2) is 12.6. The van der Waals surface area contributed by atoms with Crippen LogP contribution in [0.4, 0.5) is 0 Å². The van der Waals surface area contributed by atoms with Crippen molar-refractivity contribution < 1.29 is 8.42 Å². The number of rotatable bonds is 13. The van der Waals surface area contributed by atoms with E-state index in [1.54, 1.807) is 0 Å². The first-order chi connectivity index (χ1) is 10.1. The molecule has 0 aliphatic heterocycles. The van der Waals surface area contributed by atoms with Gasteiger partial charge < -0.3 is 0 Å². The van der Waals surface area contributed by atoms with Crippen LogP contribution in [-0.2, 0) is 10.0 Å². The van der Waals surface area contributed by atoms with E-state index in [0.717, 1.165) is 44.9 Å². The predicted octanol–water partition coefficient (Wildman–Crippen LogP) is 3.24. The lowest BCUT2D eigenvalue weighted by molar-refractivity contribution is 0.554. The minimum Gasteiger partial charge on any atom is -0.214 e. The minimum atomic E-state index is -3.48. The standard InChI is InChI=1S/C15H27N3O2S/c1-2-11-15(14-17)21(19,20)18-13-10-8-6-4-3-5-7-9-12-16/h15,18H,2-11,13H2,1H3. The van der Waals surface area contributed by atoms with Gasteiger partial charge in [-0.15, -0.1) is 0 Å². The predicted molar refractivity (Wildman–Crippen MR) is 83.8 cm³/mol. The topological polar surface area (TPSA) is 93.8 Å². The number of nitriles is 2. The van der Waals surface area contributed by atoms with Gasteiger partial charge in [0.25, 0.3) is 0 Å². The molecule has 0 radical (unpaired) electrons. The van der Waals surface area contributed by atoms with Crippen LogP contribution in [0, 0.1) is 22.7 Å². The van der Waals surface area contributed by atoms with E-state index >= 15 is 0 Å². The Kier molecular flexibility index (Phi) is 12.0. The van der Waals surface area contributed by atoms with Gasteiger partial charge in [0.2, 0.25) is 10.0 Å².